The van der Waals surface area contributed by atoms with Crippen LogP contribution in [0.4, 0.5) is 10.1 Å². The van der Waals surface area contributed by atoms with E-state index in [2.05, 4.69) is 5.32 Å². The third-order valence-electron chi connectivity index (χ3n) is 4.06. The molecule has 0 bridgehead atoms. The van der Waals surface area contributed by atoms with Crippen LogP contribution in [0.15, 0.2) is 54.1 Å². The van der Waals surface area contributed by atoms with Gasteiger partial charge in [-0.2, -0.15) is 0 Å². The fraction of sp³-hybridized carbons (Fsp3) is 0.143. The van der Waals surface area contributed by atoms with Gasteiger partial charge in [-0.3, -0.25) is 14.9 Å². The van der Waals surface area contributed by atoms with E-state index >= 15 is 0 Å². The van der Waals surface area contributed by atoms with Crippen LogP contribution in [0.3, 0.4) is 0 Å². The van der Waals surface area contributed by atoms with Crippen LogP contribution < -0.4 is 15.0 Å². The topological polar surface area (TPSA) is 84.9 Å². The SMILES string of the molecule is CCOC(=O)COc1ccccc1/C=C1\C(=O)NC(=S)N(c2ccccc2F)C1=O. The second-order valence-electron chi connectivity index (χ2n) is 6.04. The minimum atomic E-state index is -0.783. The van der Waals surface area contributed by atoms with Crippen LogP contribution in [-0.4, -0.2) is 36.1 Å². The van der Waals surface area contributed by atoms with Gasteiger partial charge < -0.3 is 9.47 Å². The van der Waals surface area contributed by atoms with Crippen molar-refractivity contribution in [2.45, 2.75) is 6.92 Å². The molecular weight excluding hydrogens is 411 g/mol. The first-order valence-corrected chi connectivity index (χ1v) is 9.36. The molecule has 0 radical (unpaired) electrons. The molecule has 1 saturated heterocycles. The largest absolute Gasteiger partial charge is 0.481 e. The van der Waals surface area contributed by atoms with Gasteiger partial charge in [-0.15, -0.1) is 0 Å². The Morgan fingerprint density at radius 2 is 1.87 bits per heavy atom. The highest BCUT2D eigenvalue weighted by Gasteiger charge is 2.35. The summed E-state index contributed by atoms with van der Waals surface area (Å²) >= 11 is 5.06. The van der Waals surface area contributed by atoms with Crippen molar-refractivity contribution < 1.29 is 28.2 Å². The lowest BCUT2D eigenvalue weighted by atomic mass is 10.1. The number of rotatable bonds is 6. The lowest BCUT2D eigenvalue weighted by Crippen LogP contribution is -2.54. The Bertz CT molecular complexity index is 1050. The van der Waals surface area contributed by atoms with Crippen LogP contribution in [0.25, 0.3) is 6.08 Å². The number of nitrogens with one attached hydrogen (secondary N) is 1. The number of carbonyl (C=O) groups excluding carboxylic acids is 3. The Morgan fingerprint density at radius 3 is 2.60 bits per heavy atom. The van der Waals surface area contributed by atoms with Crippen molar-refractivity contribution in [3.8, 4) is 5.75 Å². The Hall–Kier alpha value is -3.59. The minimum Gasteiger partial charge on any atom is -0.481 e. The molecule has 154 valence electrons. The molecule has 0 unspecified atom stereocenters. The summed E-state index contributed by atoms with van der Waals surface area (Å²) in [6, 6.07) is 12.1. The van der Waals surface area contributed by atoms with Crippen molar-refractivity contribution in [1.82, 2.24) is 5.32 Å². The first-order valence-electron chi connectivity index (χ1n) is 8.95. The lowest BCUT2D eigenvalue weighted by Gasteiger charge is -2.29. The number of hydrogen-bond acceptors (Lipinski definition) is 6. The summed E-state index contributed by atoms with van der Waals surface area (Å²) in [7, 11) is 0. The van der Waals surface area contributed by atoms with Gasteiger partial charge in [-0.1, -0.05) is 30.3 Å². The van der Waals surface area contributed by atoms with Gasteiger partial charge in [-0.25, -0.2) is 14.1 Å². The smallest absolute Gasteiger partial charge is 0.344 e. The summed E-state index contributed by atoms with van der Waals surface area (Å²) in [5, 5.41) is 2.17. The average molecular weight is 428 g/mol. The maximum Gasteiger partial charge on any atom is 0.344 e. The fourth-order valence-electron chi connectivity index (χ4n) is 2.74. The highest BCUT2D eigenvalue weighted by Crippen LogP contribution is 2.26. The number of hydrogen-bond donors (Lipinski definition) is 1. The Kier molecular flexibility index (Phi) is 6.53. The van der Waals surface area contributed by atoms with Crippen LogP contribution in [0.5, 0.6) is 5.75 Å². The van der Waals surface area contributed by atoms with Gasteiger partial charge in [0, 0.05) is 5.56 Å². The van der Waals surface area contributed by atoms with Crippen molar-refractivity contribution >= 4 is 46.9 Å². The normalized spacial score (nSPS) is 15.2. The predicted molar refractivity (Wildman–Crippen MR) is 111 cm³/mol. The second-order valence-corrected chi connectivity index (χ2v) is 6.43. The Morgan fingerprint density at radius 1 is 1.17 bits per heavy atom. The number of carbonyl (C=O) groups is 3. The molecule has 0 saturated carbocycles. The van der Waals surface area contributed by atoms with Crippen LogP contribution in [0, 0.1) is 5.82 Å². The number of benzene rings is 2. The van der Waals surface area contributed by atoms with E-state index in [-0.39, 0.29) is 35.3 Å². The summed E-state index contributed by atoms with van der Waals surface area (Å²) < 4.78 is 24.5. The molecule has 30 heavy (non-hydrogen) atoms. The van der Waals surface area contributed by atoms with Crippen molar-refractivity contribution in [2.75, 3.05) is 18.1 Å². The van der Waals surface area contributed by atoms with Gasteiger partial charge in [-0.05, 0) is 43.4 Å². The van der Waals surface area contributed by atoms with E-state index in [9.17, 15) is 18.8 Å². The van der Waals surface area contributed by atoms with E-state index < -0.39 is 23.6 Å². The number of thiocarbonyl (C=S) groups is 1. The molecule has 1 heterocycles. The highest BCUT2D eigenvalue weighted by molar-refractivity contribution is 7.80. The van der Waals surface area contributed by atoms with Crippen LogP contribution in [0.1, 0.15) is 12.5 Å². The molecule has 2 amide bonds. The summed E-state index contributed by atoms with van der Waals surface area (Å²) in [6.45, 7) is 1.56. The number of nitrogens with zero attached hydrogens (tertiary/aromatic N) is 1. The lowest BCUT2D eigenvalue weighted by molar-refractivity contribution is -0.145. The van der Waals surface area contributed by atoms with E-state index in [4.69, 9.17) is 21.7 Å². The summed E-state index contributed by atoms with van der Waals surface area (Å²) in [6.07, 6.45) is 1.30. The first kappa shape index (κ1) is 21.1. The first-order chi connectivity index (χ1) is 14.4. The Labute approximate surface area is 177 Å². The third-order valence-corrected chi connectivity index (χ3v) is 4.35. The molecule has 2 aromatic rings. The molecule has 1 N–H and O–H groups in total. The van der Waals surface area contributed by atoms with Gasteiger partial charge >= 0.3 is 5.97 Å². The zero-order valence-corrected chi connectivity index (χ0v) is 16.7. The number of amides is 2. The standard InChI is InChI=1S/C21H17FN2O5S/c1-2-28-18(25)12-29-17-10-6-3-7-13(17)11-14-19(26)23-21(30)24(20(14)27)16-9-5-4-8-15(16)22/h3-11H,2,12H2,1H3,(H,23,26,30)/b14-11+. The van der Waals surface area contributed by atoms with Gasteiger partial charge in [0.15, 0.2) is 11.7 Å². The maximum absolute atomic E-state index is 14.2. The van der Waals surface area contributed by atoms with Crippen molar-refractivity contribution in [2.24, 2.45) is 0 Å². The van der Waals surface area contributed by atoms with Gasteiger partial charge in [0.1, 0.15) is 17.1 Å². The molecule has 1 aliphatic heterocycles. The van der Waals surface area contributed by atoms with Gasteiger partial charge in [0.25, 0.3) is 11.8 Å². The zero-order valence-electron chi connectivity index (χ0n) is 15.9. The zero-order chi connectivity index (χ0) is 21.7. The second kappa shape index (κ2) is 9.27. The maximum atomic E-state index is 14.2. The van der Waals surface area contributed by atoms with Crippen molar-refractivity contribution in [3.05, 3.63) is 65.5 Å². The molecule has 3 rings (SSSR count). The summed E-state index contributed by atoms with van der Waals surface area (Å²) in [5.41, 5.74) is 0.0332. The van der Waals surface area contributed by atoms with E-state index in [0.29, 0.717) is 5.56 Å². The van der Waals surface area contributed by atoms with Crippen LogP contribution in [0.2, 0.25) is 0 Å². The molecule has 0 aromatic heterocycles. The third kappa shape index (κ3) is 4.52. The van der Waals surface area contributed by atoms with E-state index in [1.807, 2.05) is 0 Å². The van der Waals surface area contributed by atoms with Crippen molar-refractivity contribution in [1.29, 1.82) is 0 Å². The molecule has 1 fully saturated rings. The van der Waals surface area contributed by atoms with Gasteiger partial charge in [0.05, 0.1) is 12.3 Å². The van der Waals surface area contributed by atoms with Crippen LogP contribution >= 0.6 is 12.2 Å². The van der Waals surface area contributed by atoms with Crippen LogP contribution in [-0.2, 0) is 19.1 Å². The quantitative estimate of drug-likeness (QED) is 0.330. The number of esters is 1. The average Bonchev–Trinajstić information content (AvgIpc) is 2.72. The van der Waals surface area contributed by atoms with E-state index in [0.717, 1.165) is 4.90 Å². The molecule has 0 aliphatic carbocycles. The number of halogens is 1. The number of anilines is 1. The van der Waals surface area contributed by atoms with E-state index in [1.54, 1.807) is 37.3 Å². The molecule has 0 atom stereocenters. The fourth-order valence-corrected chi connectivity index (χ4v) is 3.01. The predicted octanol–water partition coefficient (Wildman–Crippen LogP) is 2.60. The number of ether oxygens (including phenoxy) is 2. The molecule has 9 heteroatoms. The van der Waals surface area contributed by atoms with Gasteiger partial charge in [0.2, 0.25) is 0 Å². The molecular formula is C21H17FN2O5S. The highest BCUT2D eigenvalue weighted by atomic mass is 32.1. The molecule has 0 spiro atoms. The monoisotopic (exact) mass is 428 g/mol. The summed E-state index contributed by atoms with van der Waals surface area (Å²) in [4.78, 5) is 37.9. The Balaban J connectivity index is 1.94. The molecule has 7 nitrogen and oxygen atoms in total. The molecule has 1 aliphatic rings. The number of para-hydroxylation sites is 2. The van der Waals surface area contributed by atoms with E-state index in [1.165, 1.54) is 24.3 Å². The minimum absolute atomic E-state index is 0.0785. The summed E-state index contributed by atoms with van der Waals surface area (Å²) in [5.74, 6) is -2.46. The molecule has 2 aromatic carbocycles. The van der Waals surface area contributed by atoms with Crippen molar-refractivity contribution in [3.63, 3.8) is 0 Å².